The first kappa shape index (κ1) is 12.6. The van der Waals surface area contributed by atoms with Gasteiger partial charge in [0.15, 0.2) is 0 Å². The zero-order valence-electron chi connectivity index (χ0n) is 11.2. The van der Waals surface area contributed by atoms with Crippen molar-refractivity contribution < 1.29 is 0 Å². The van der Waals surface area contributed by atoms with Crippen LogP contribution in [-0.2, 0) is 6.42 Å². The standard InChI is InChI=1S/C16H25N/c1-3-14(4-2)10-16(12-17-13-16)11-15-8-6-5-7-9-15/h5-9,14,17H,3-4,10-13H2,1-2H3. The first-order chi connectivity index (χ1) is 8.28. The molecule has 1 N–H and O–H groups in total. The monoisotopic (exact) mass is 231 g/mol. The van der Waals surface area contributed by atoms with Crippen LogP contribution < -0.4 is 5.32 Å². The van der Waals surface area contributed by atoms with Gasteiger partial charge in [-0.05, 0) is 29.7 Å². The van der Waals surface area contributed by atoms with Gasteiger partial charge in [-0.2, -0.15) is 0 Å². The van der Waals surface area contributed by atoms with Crippen LogP contribution >= 0.6 is 0 Å². The van der Waals surface area contributed by atoms with E-state index < -0.39 is 0 Å². The Morgan fingerprint density at radius 3 is 2.24 bits per heavy atom. The van der Waals surface area contributed by atoms with Crippen molar-refractivity contribution in [2.24, 2.45) is 11.3 Å². The largest absolute Gasteiger partial charge is 0.316 e. The molecule has 0 saturated carbocycles. The van der Waals surface area contributed by atoms with E-state index in [2.05, 4.69) is 49.5 Å². The van der Waals surface area contributed by atoms with Gasteiger partial charge in [0.2, 0.25) is 0 Å². The third kappa shape index (κ3) is 3.10. The lowest BCUT2D eigenvalue weighted by Crippen LogP contribution is -2.55. The number of hydrogen-bond donors (Lipinski definition) is 1. The van der Waals surface area contributed by atoms with Crippen LogP contribution in [0.3, 0.4) is 0 Å². The van der Waals surface area contributed by atoms with Gasteiger partial charge in [0.25, 0.3) is 0 Å². The van der Waals surface area contributed by atoms with Gasteiger partial charge in [-0.25, -0.2) is 0 Å². The SMILES string of the molecule is CCC(CC)CC1(Cc2ccccc2)CNC1. The molecule has 94 valence electrons. The van der Waals surface area contributed by atoms with Crippen molar-refractivity contribution in [1.29, 1.82) is 0 Å². The molecule has 1 aromatic carbocycles. The molecule has 0 radical (unpaired) electrons. The molecule has 1 aliphatic heterocycles. The average molecular weight is 231 g/mol. The predicted molar refractivity (Wildman–Crippen MR) is 74.1 cm³/mol. The van der Waals surface area contributed by atoms with E-state index in [9.17, 15) is 0 Å². The summed E-state index contributed by atoms with van der Waals surface area (Å²) in [6.07, 6.45) is 5.29. The van der Waals surface area contributed by atoms with Crippen molar-refractivity contribution in [2.75, 3.05) is 13.1 Å². The molecule has 0 amide bonds. The summed E-state index contributed by atoms with van der Waals surface area (Å²) in [4.78, 5) is 0. The predicted octanol–water partition coefficient (Wildman–Crippen LogP) is 3.65. The fourth-order valence-corrected chi connectivity index (χ4v) is 3.04. The van der Waals surface area contributed by atoms with Crippen LogP contribution in [0.4, 0.5) is 0 Å². The first-order valence-corrected chi connectivity index (χ1v) is 7.02. The first-order valence-electron chi connectivity index (χ1n) is 7.02. The highest BCUT2D eigenvalue weighted by Gasteiger charge is 2.38. The van der Waals surface area contributed by atoms with Gasteiger partial charge in [0.1, 0.15) is 0 Å². The summed E-state index contributed by atoms with van der Waals surface area (Å²) in [5, 5.41) is 3.48. The normalized spacial score (nSPS) is 18.1. The fourth-order valence-electron chi connectivity index (χ4n) is 3.04. The summed E-state index contributed by atoms with van der Waals surface area (Å²) in [5.74, 6) is 0.904. The van der Waals surface area contributed by atoms with Gasteiger partial charge in [0, 0.05) is 13.1 Å². The molecule has 0 aliphatic carbocycles. The molecule has 1 heteroatoms. The Hall–Kier alpha value is -0.820. The Morgan fingerprint density at radius 1 is 1.12 bits per heavy atom. The topological polar surface area (TPSA) is 12.0 Å². The van der Waals surface area contributed by atoms with Gasteiger partial charge in [-0.3, -0.25) is 0 Å². The Morgan fingerprint density at radius 2 is 1.76 bits per heavy atom. The number of rotatable bonds is 6. The van der Waals surface area contributed by atoms with Crippen molar-refractivity contribution in [3.63, 3.8) is 0 Å². The Kier molecular flexibility index (Phi) is 4.22. The second-order valence-electron chi connectivity index (χ2n) is 5.65. The minimum Gasteiger partial charge on any atom is -0.316 e. The van der Waals surface area contributed by atoms with Crippen LogP contribution in [0.15, 0.2) is 30.3 Å². The molecular formula is C16H25N. The van der Waals surface area contributed by atoms with Crippen molar-refractivity contribution in [2.45, 2.75) is 39.5 Å². The zero-order chi connectivity index (χ0) is 12.1. The highest BCUT2D eigenvalue weighted by atomic mass is 15.0. The molecule has 1 heterocycles. The number of nitrogens with one attached hydrogen (secondary N) is 1. The van der Waals surface area contributed by atoms with E-state index in [-0.39, 0.29) is 0 Å². The van der Waals surface area contributed by atoms with Crippen molar-refractivity contribution in [3.8, 4) is 0 Å². The van der Waals surface area contributed by atoms with Crippen molar-refractivity contribution in [3.05, 3.63) is 35.9 Å². The van der Waals surface area contributed by atoms with Crippen molar-refractivity contribution in [1.82, 2.24) is 5.32 Å². The third-order valence-corrected chi connectivity index (χ3v) is 4.30. The molecule has 0 spiro atoms. The quantitative estimate of drug-likeness (QED) is 0.788. The van der Waals surface area contributed by atoms with E-state index in [0.717, 1.165) is 5.92 Å². The summed E-state index contributed by atoms with van der Waals surface area (Å²) in [5.41, 5.74) is 2.04. The maximum Gasteiger partial charge on any atom is 0.00235 e. The van der Waals surface area contributed by atoms with Gasteiger partial charge >= 0.3 is 0 Å². The Labute approximate surface area is 106 Å². The summed E-state index contributed by atoms with van der Waals surface area (Å²) in [6, 6.07) is 11.0. The average Bonchev–Trinajstić information content (AvgIpc) is 2.34. The lowest BCUT2D eigenvalue weighted by atomic mass is 9.69. The van der Waals surface area contributed by atoms with E-state index in [4.69, 9.17) is 0 Å². The smallest absolute Gasteiger partial charge is 0.00235 e. The molecule has 1 aliphatic rings. The number of hydrogen-bond acceptors (Lipinski definition) is 1. The van der Waals surface area contributed by atoms with Crippen molar-refractivity contribution >= 4 is 0 Å². The maximum absolute atomic E-state index is 3.48. The van der Waals surface area contributed by atoms with E-state index >= 15 is 0 Å². The summed E-state index contributed by atoms with van der Waals surface area (Å²) >= 11 is 0. The van der Waals surface area contributed by atoms with Crippen LogP contribution in [-0.4, -0.2) is 13.1 Å². The van der Waals surface area contributed by atoms with Crippen LogP contribution in [0.1, 0.15) is 38.7 Å². The molecule has 0 aromatic heterocycles. The molecule has 2 rings (SSSR count). The number of benzene rings is 1. The molecular weight excluding hydrogens is 206 g/mol. The minimum atomic E-state index is 0.540. The van der Waals surface area contributed by atoms with Gasteiger partial charge < -0.3 is 5.32 Å². The highest BCUT2D eigenvalue weighted by molar-refractivity contribution is 5.18. The summed E-state index contributed by atoms with van der Waals surface area (Å²) in [6.45, 7) is 7.07. The van der Waals surface area contributed by atoms with Gasteiger partial charge in [-0.15, -0.1) is 0 Å². The lowest BCUT2D eigenvalue weighted by molar-refractivity contribution is 0.119. The molecule has 1 aromatic rings. The molecule has 0 unspecified atom stereocenters. The lowest BCUT2D eigenvalue weighted by Gasteiger charge is -2.45. The molecule has 1 saturated heterocycles. The molecule has 1 fully saturated rings. The Balaban J connectivity index is 2.00. The zero-order valence-corrected chi connectivity index (χ0v) is 11.2. The fraction of sp³-hybridized carbons (Fsp3) is 0.625. The van der Waals surface area contributed by atoms with Crippen LogP contribution in [0.25, 0.3) is 0 Å². The van der Waals surface area contributed by atoms with E-state index in [0.29, 0.717) is 5.41 Å². The van der Waals surface area contributed by atoms with E-state index in [1.165, 1.54) is 44.3 Å². The van der Waals surface area contributed by atoms with Crippen LogP contribution in [0.2, 0.25) is 0 Å². The second kappa shape index (κ2) is 5.68. The van der Waals surface area contributed by atoms with Crippen LogP contribution in [0, 0.1) is 11.3 Å². The molecule has 0 atom stereocenters. The minimum absolute atomic E-state index is 0.540. The third-order valence-electron chi connectivity index (χ3n) is 4.30. The second-order valence-corrected chi connectivity index (χ2v) is 5.65. The van der Waals surface area contributed by atoms with Gasteiger partial charge in [-0.1, -0.05) is 57.0 Å². The van der Waals surface area contributed by atoms with E-state index in [1.54, 1.807) is 0 Å². The molecule has 1 nitrogen and oxygen atoms in total. The summed E-state index contributed by atoms with van der Waals surface area (Å²) < 4.78 is 0. The van der Waals surface area contributed by atoms with Crippen LogP contribution in [0.5, 0.6) is 0 Å². The molecule has 0 bridgehead atoms. The highest BCUT2D eigenvalue weighted by Crippen LogP contribution is 2.36. The van der Waals surface area contributed by atoms with E-state index in [1.807, 2.05) is 0 Å². The summed E-state index contributed by atoms with van der Waals surface area (Å²) in [7, 11) is 0. The van der Waals surface area contributed by atoms with Gasteiger partial charge in [0.05, 0.1) is 0 Å². The molecule has 17 heavy (non-hydrogen) atoms. The maximum atomic E-state index is 3.48. The Bertz CT molecular complexity index is 323.